The standard InChI is InChI=1S/C17H24N4O4/c1-4-15-16(18-9-24-15)17(23)19-13-5-6-21(8-14(13)22)7-12-10(2)20-25-11(12)3/h9,13-14,22H,4-8H2,1-3H3,(H,19,23)/t13-,14-/m1/s1. The molecule has 136 valence electrons. The number of amides is 1. The summed E-state index contributed by atoms with van der Waals surface area (Å²) in [6, 6.07) is -0.296. The maximum absolute atomic E-state index is 12.3. The lowest BCUT2D eigenvalue weighted by atomic mass is 10.0. The summed E-state index contributed by atoms with van der Waals surface area (Å²) < 4.78 is 10.4. The van der Waals surface area contributed by atoms with Crippen molar-refractivity contribution in [3.8, 4) is 0 Å². The van der Waals surface area contributed by atoms with E-state index in [4.69, 9.17) is 8.94 Å². The molecule has 2 aromatic heterocycles. The number of hydrogen-bond donors (Lipinski definition) is 2. The van der Waals surface area contributed by atoms with Crippen molar-refractivity contribution in [3.63, 3.8) is 0 Å². The molecule has 2 aromatic rings. The lowest BCUT2D eigenvalue weighted by molar-refractivity contribution is 0.0346. The van der Waals surface area contributed by atoms with Crippen LogP contribution in [0.5, 0.6) is 0 Å². The molecule has 0 bridgehead atoms. The average Bonchev–Trinajstić information content (AvgIpc) is 3.19. The number of carbonyl (C=O) groups excluding carboxylic acids is 1. The van der Waals surface area contributed by atoms with Crippen LogP contribution >= 0.6 is 0 Å². The molecule has 2 atom stereocenters. The van der Waals surface area contributed by atoms with Gasteiger partial charge in [-0.25, -0.2) is 4.98 Å². The molecular formula is C17H24N4O4. The van der Waals surface area contributed by atoms with Gasteiger partial charge in [0.15, 0.2) is 12.1 Å². The van der Waals surface area contributed by atoms with Crippen LogP contribution in [0.25, 0.3) is 0 Å². The van der Waals surface area contributed by atoms with Gasteiger partial charge >= 0.3 is 0 Å². The van der Waals surface area contributed by atoms with Gasteiger partial charge in [0, 0.05) is 31.6 Å². The molecule has 3 rings (SSSR count). The van der Waals surface area contributed by atoms with Crippen LogP contribution in [0.2, 0.25) is 0 Å². The Kier molecular flexibility index (Phi) is 5.19. The van der Waals surface area contributed by atoms with E-state index in [1.54, 1.807) is 0 Å². The number of rotatable bonds is 5. The summed E-state index contributed by atoms with van der Waals surface area (Å²) in [5.74, 6) is 1.07. The van der Waals surface area contributed by atoms with E-state index < -0.39 is 6.10 Å². The number of β-amino-alcohol motifs (C(OH)–C–C–N with tert-alkyl or cyclic N) is 1. The first-order valence-electron chi connectivity index (χ1n) is 8.55. The van der Waals surface area contributed by atoms with Crippen molar-refractivity contribution < 1.29 is 18.8 Å². The van der Waals surface area contributed by atoms with Gasteiger partial charge in [-0.15, -0.1) is 0 Å². The molecule has 2 N–H and O–H groups in total. The average molecular weight is 348 g/mol. The van der Waals surface area contributed by atoms with Gasteiger partial charge in [0.25, 0.3) is 5.91 Å². The van der Waals surface area contributed by atoms with Gasteiger partial charge in [-0.2, -0.15) is 0 Å². The molecular weight excluding hydrogens is 324 g/mol. The zero-order valence-corrected chi connectivity index (χ0v) is 14.8. The second-order valence-electron chi connectivity index (χ2n) is 6.45. The van der Waals surface area contributed by atoms with E-state index in [2.05, 4.69) is 20.4 Å². The third-order valence-electron chi connectivity index (χ3n) is 4.72. The van der Waals surface area contributed by atoms with E-state index >= 15 is 0 Å². The predicted octanol–water partition coefficient (Wildman–Crippen LogP) is 1.21. The van der Waals surface area contributed by atoms with E-state index in [9.17, 15) is 9.90 Å². The summed E-state index contributed by atoms with van der Waals surface area (Å²) in [4.78, 5) is 18.5. The summed E-state index contributed by atoms with van der Waals surface area (Å²) in [5.41, 5.74) is 2.23. The molecule has 8 heteroatoms. The van der Waals surface area contributed by atoms with Gasteiger partial charge in [0.1, 0.15) is 11.5 Å². The van der Waals surface area contributed by atoms with Crippen LogP contribution in [0.1, 0.15) is 46.6 Å². The highest BCUT2D eigenvalue weighted by Gasteiger charge is 2.31. The smallest absolute Gasteiger partial charge is 0.273 e. The fourth-order valence-electron chi connectivity index (χ4n) is 3.20. The van der Waals surface area contributed by atoms with E-state index in [-0.39, 0.29) is 11.9 Å². The Bertz CT molecular complexity index is 719. The summed E-state index contributed by atoms with van der Waals surface area (Å²) in [5, 5.41) is 17.3. The van der Waals surface area contributed by atoms with Crippen molar-refractivity contribution >= 4 is 5.91 Å². The third kappa shape index (κ3) is 3.74. The number of nitrogens with zero attached hydrogens (tertiary/aromatic N) is 3. The second kappa shape index (κ2) is 7.37. The Morgan fingerprint density at radius 3 is 2.92 bits per heavy atom. The van der Waals surface area contributed by atoms with Crippen molar-refractivity contribution in [2.45, 2.75) is 52.3 Å². The minimum atomic E-state index is -0.643. The molecule has 1 saturated heterocycles. The highest BCUT2D eigenvalue weighted by atomic mass is 16.5. The lowest BCUT2D eigenvalue weighted by Crippen LogP contribution is -2.53. The Balaban J connectivity index is 1.58. The number of oxazole rings is 1. The third-order valence-corrected chi connectivity index (χ3v) is 4.72. The molecule has 1 aliphatic heterocycles. The number of aromatic nitrogens is 2. The number of carbonyl (C=O) groups is 1. The highest BCUT2D eigenvalue weighted by molar-refractivity contribution is 5.93. The minimum Gasteiger partial charge on any atom is -0.448 e. The highest BCUT2D eigenvalue weighted by Crippen LogP contribution is 2.19. The SMILES string of the molecule is CCc1ocnc1C(=O)N[C@@H]1CCN(Cc2c(C)noc2C)C[C@H]1O. The van der Waals surface area contributed by atoms with Crippen molar-refractivity contribution in [2.75, 3.05) is 13.1 Å². The van der Waals surface area contributed by atoms with Crippen molar-refractivity contribution in [2.24, 2.45) is 0 Å². The predicted molar refractivity (Wildman–Crippen MR) is 89.0 cm³/mol. The molecule has 1 aliphatic rings. The number of piperidine rings is 1. The van der Waals surface area contributed by atoms with Crippen molar-refractivity contribution in [1.29, 1.82) is 0 Å². The van der Waals surface area contributed by atoms with Gasteiger partial charge in [0.05, 0.1) is 17.8 Å². The zero-order chi connectivity index (χ0) is 18.0. The molecule has 8 nitrogen and oxygen atoms in total. The van der Waals surface area contributed by atoms with Gasteiger partial charge in [-0.1, -0.05) is 12.1 Å². The number of nitrogens with one attached hydrogen (secondary N) is 1. The Morgan fingerprint density at radius 2 is 2.28 bits per heavy atom. The first-order chi connectivity index (χ1) is 12.0. The molecule has 25 heavy (non-hydrogen) atoms. The summed E-state index contributed by atoms with van der Waals surface area (Å²) in [7, 11) is 0. The van der Waals surface area contributed by atoms with Crippen LogP contribution in [0.15, 0.2) is 15.3 Å². The molecule has 1 amide bonds. The second-order valence-corrected chi connectivity index (χ2v) is 6.45. The molecule has 0 unspecified atom stereocenters. The summed E-state index contributed by atoms with van der Waals surface area (Å²) in [6.45, 7) is 7.64. The van der Waals surface area contributed by atoms with Crippen LogP contribution in [0.4, 0.5) is 0 Å². The van der Waals surface area contributed by atoms with Gasteiger partial charge in [-0.05, 0) is 20.3 Å². The maximum atomic E-state index is 12.3. The van der Waals surface area contributed by atoms with Crippen LogP contribution in [-0.4, -0.2) is 51.3 Å². The molecule has 1 fully saturated rings. The number of hydrogen-bond acceptors (Lipinski definition) is 7. The van der Waals surface area contributed by atoms with Crippen LogP contribution in [0.3, 0.4) is 0 Å². The fraction of sp³-hybridized carbons (Fsp3) is 0.588. The number of likely N-dealkylation sites (tertiary alicyclic amines) is 1. The normalized spacial score (nSPS) is 21.4. The first kappa shape index (κ1) is 17.6. The number of aryl methyl sites for hydroxylation is 3. The van der Waals surface area contributed by atoms with Gasteiger partial charge in [0.2, 0.25) is 0 Å². The van der Waals surface area contributed by atoms with E-state index in [1.807, 2.05) is 20.8 Å². The van der Waals surface area contributed by atoms with E-state index in [0.717, 1.165) is 23.6 Å². The largest absolute Gasteiger partial charge is 0.448 e. The first-order valence-corrected chi connectivity index (χ1v) is 8.55. The Hall–Kier alpha value is -2.19. The van der Waals surface area contributed by atoms with Crippen molar-refractivity contribution in [1.82, 2.24) is 20.4 Å². The summed E-state index contributed by atoms with van der Waals surface area (Å²) >= 11 is 0. The molecule has 0 saturated carbocycles. The maximum Gasteiger partial charge on any atom is 0.273 e. The molecule has 0 aliphatic carbocycles. The van der Waals surface area contributed by atoms with Crippen molar-refractivity contribution in [3.05, 3.63) is 34.9 Å². The fourth-order valence-corrected chi connectivity index (χ4v) is 3.20. The number of aliphatic hydroxyl groups excluding tert-OH is 1. The molecule has 0 spiro atoms. The van der Waals surface area contributed by atoms with Crippen LogP contribution < -0.4 is 5.32 Å². The van der Waals surface area contributed by atoms with Gasteiger partial charge in [-0.3, -0.25) is 9.69 Å². The quantitative estimate of drug-likeness (QED) is 0.836. The molecule has 3 heterocycles. The topological polar surface area (TPSA) is 105 Å². The molecule has 0 aromatic carbocycles. The number of aliphatic hydroxyl groups is 1. The van der Waals surface area contributed by atoms with E-state index in [1.165, 1.54) is 6.39 Å². The van der Waals surface area contributed by atoms with E-state index in [0.29, 0.717) is 37.4 Å². The van der Waals surface area contributed by atoms with Crippen LogP contribution in [-0.2, 0) is 13.0 Å². The monoisotopic (exact) mass is 348 g/mol. The Labute approximate surface area is 146 Å². The zero-order valence-electron chi connectivity index (χ0n) is 14.8. The lowest BCUT2D eigenvalue weighted by Gasteiger charge is -2.36. The Morgan fingerprint density at radius 1 is 1.48 bits per heavy atom. The summed E-state index contributed by atoms with van der Waals surface area (Å²) in [6.07, 6.45) is 1.89. The molecule has 0 radical (unpaired) electrons. The van der Waals surface area contributed by atoms with Gasteiger partial charge < -0.3 is 19.4 Å². The van der Waals surface area contributed by atoms with Crippen LogP contribution in [0, 0.1) is 13.8 Å². The minimum absolute atomic E-state index is 0.296.